The predicted molar refractivity (Wildman–Crippen MR) is 84.6 cm³/mol. The summed E-state index contributed by atoms with van der Waals surface area (Å²) in [6.07, 6.45) is 5.00. The Morgan fingerprint density at radius 3 is 2.91 bits per heavy atom. The maximum Gasteiger partial charge on any atom is 0.217 e. The second-order valence-corrected chi connectivity index (χ2v) is 8.81. The topological polar surface area (TPSA) is 68.7 Å². The zero-order chi connectivity index (χ0) is 15.9. The molecule has 126 valence electrons. The molecule has 1 aliphatic heterocycles. The van der Waals surface area contributed by atoms with Gasteiger partial charge in [-0.05, 0) is 37.7 Å². The van der Waals surface area contributed by atoms with Crippen molar-refractivity contribution >= 4 is 10.0 Å². The van der Waals surface area contributed by atoms with E-state index in [2.05, 4.69) is 4.98 Å². The molecule has 0 aromatic carbocycles. The van der Waals surface area contributed by atoms with E-state index in [0.717, 1.165) is 25.7 Å². The van der Waals surface area contributed by atoms with Gasteiger partial charge in [0.25, 0.3) is 0 Å². The normalized spacial score (nSPS) is 31.7. The molecule has 3 atom stereocenters. The lowest BCUT2D eigenvalue weighted by molar-refractivity contribution is -0.0249. The van der Waals surface area contributed by atoms with Crippen LogP contribution in [0, 0.1) is 5.92 Å². The Morgan fingerprint density at radius 2 is 2.17 bits per heavy atom. The second kappa shape index (κ2) is 6.03. The van der Waals surface area contributed by atoms with Gasteiger partial charge in [-0.3, -0.25) is 0 Å². The Labute approximate surface area is 136 Å². The lowest BCUT2D eigenvalue weighted by atomic mass is 10.1. The van der Waals surface area contributed by atoms with Crippen molar-refractivity contribution < 1.29 is 17.9 Å². The van der Waals surface area contributed by atoms with Crippen molar-refractivity contribution in [1.82, 2.24) is 9.29 Å². The number of hydrogen-bond acceptors (Lipinski definition) is 5. The average Bonchev–Trinajstić information content (AvgIpc) is 3.34. The van der Waals surface area contributed by atoms with Crippen molar-refractivity contribution in [2.45, 2.75) is 43.1 Å². The minimum Gasteiger partial charge on any atom is -0.477 e. The van der Waals surface area contributed by atoms with Crippen molar-refractivity contribution in [2.24, 2.45) is 5.92 Å². The Bertz CT molecular complexity index is 647. The van der Waals surface area contributed by atoms with Crippen LogP contribution >= 0.6 is 0 Å². The second-order valence-electron chi connectivity index (χ2n) is 6.65. The standard InChI is InChI=1S/C16H22N2O4S/c19-23(20,13-4-5-13)18-7-8-21-15-10-12(9-14(15)18)11-22-16-3-1-2-6-17-16/h1-3,6,12-15H,4-5,7-11H2. The molecule has 0 N–H and O–H groups in total. The van der Waals surface area contributed by atoms with Crippen molar-refractivity contribution in [3.05, 3.63) is 24.4 Å². The van der Waals surface area contributed by atoms with Crippen LogP contribution in [0.1, 0.15) is 25.7 Å². The summed E-state index contributed by atoms with van der Waals surface area (Å²) in [7, 11) is -3.13. The first-order valence-corrected chi connectivity index (χ1v) is 9.81. The average molecular weight is 338 g/mol. The number of pyridine rings is 1. The third-order valence-corrected chi connectivity index (χ3v) is 7.38. The molecule has 6 nitrogen and oxygen atoms in total. The molecule has 23 heavy (non-hydrogen) atoms. The molecule has 4 rings (SSSR count). The molecule has 3 fully saturated rings. The lowest BCUT2D eigenvalue weighted by Crippen LogP contribution is -2.52. The number of morpholine rings is 1. The Morgan fingerprint density at radius 1 is 1.30 bits per heavy atom. The molecule has 7 heteroatoms. The van der Waals surface area contributed by atoms with Gasteiger partial charge in [0.2, 0.25) is 15.9 Å². The molecule has 1 aromatic rings. The molecule has 3 aliphatic rings. The molecule has 1 aromatic heterocycles. The first-order chi connectivity index (χ1) is 11.1. The number of hydrogen-bond donors (Lipinski definition) is 0. The summed E-state index contributed by atoms with van der Waals surface area (Å²) in [4.78, 5) is 4.16. The SMILES string of the molecule is O=S(=O)(C1CC1)N1CCOC2CC(COc3ccccn3)CC21. The third kappa shape index (κ3) is 3.09. The van der Waals surface area contributed by atoms with Crippen LogP contribution in [0.15, 0.2) is 24.4 Å². The smallest absolute Gasteiger partial charge is 0.217 e. The van der Waals surface area contributed by atoms with Gasteiger partial charge in [-0.2, -0.15) is 4.31 Å². The summed E-state index contributed by atoms with van der Waals surface area (Å²) < 4.78 is 38.5. The van der Waals surface area contributed by atoms with E-state index in [9.17, 15) is 8.42 Å². The van der Waals surface area contributed by atoms with Gasteiger partial charge in [0, 0.05) is 18.8 Å². The van der Waals surface area contributed by atoms with Crippen LogP contribution in [0.2, 0.25) is 0 Å². The van der Waals surface area contributed by atoms with E-state index in [4.69, 9.17) is 9.47 Å². The minimum atomic E-state index is -3.13. The van der Waals surface area contributed by atoms with Gasteiger partial charge in [0.15, 0.2) is 0 Å². The van der Waals surface area contributed by atoms with E-state index >= 15 is 0 Å². The Balaban J connectivity index is 1.41. The summed E-state index contributed by atoms with van der Waals surface area (Å²) in [5.41, 5.74) is 0. The summed E-state index contributed by atoms with van der Waals surface area (Å²) in [6.45, 7) is 1.56. The molecule has 1 saturated heterocycles. The molecule has 3 unspecified atom stereocenters. The molecule has 2 aliphatic carbocycles. The fourth-order valence-electron chi connectivity index (χ4n) is 3.66. The molecular formula is C16H22N2O4S. The highest BCUT2D eigenvalue weighted by Gasteiger charge is 2.49. The van der Waals surface area contributed by atoms with Gasteiger partial charge < -0.3 is 9.47 Å². The van der Waals surface area contributed by atoms with Gasteiger partial charge in [0.05, 0.1) is 30.6 Å². The Kier molecular flexibility index (Phi) is 4.03. The minimum absolute atomic E-state index is 0.00890. The number of nitrogens with zero attached hydrogens (tertiary/aromatic N) is 2. The largest absolute Gasteiger partial charge is 0.477 e. The fourth-order valence-corrected chi connectivity index (χ4v) is 5.71. The van der Waals surface area contributed by atoms with Gasteiger partial charge in [-0.25, -0.2) is 13.4 Å². The summed E-state index contributed by atoms with van der Waals surface area (Å²) >= 11 is 0. The molecule has 0 amide bonds. The van der Waals surface area contributed by atoms with Crippen molar-refractivity contribution in [1.29, 1.82) is 0 Å². The number of aromatic nitrogens is 1. The quantitative estimate of drug-likeness (QED) is 0.812. The summed E-state index contributed by atoms with van der Waals surface area (Å²) in [6, 6.07) is 5.56. The number of fused-ring (bicyclic) bond motifs is 1. The van der Waals surface area contributed by atoms with Crippen LogP contribution in [-0.4, -0.2) is 54.9 Å². The van der Waals surface area contributed by atoms with Crippen molar-refractivity contribution in [3.8, 4) is 5.88 Å². The first kappa shape index (κ1) is 15.4. The van der Waals surface area contributed by atoms with Crippen LogP contribution in [0.25, 0.3) is 0 Å². The van der Waals surface area contributed by atoms with E-state index in [0.29, 0.717) is 31.6 Å². The Hall–Kier alpha value is -1.18. The number of sulfonamides is 1. The zero-order valence-electron chi connectivity index (χ0n) is 13.0. The maximum absolute atomic E-state index is 12.6. The van der Waals surface area contributed by atoms with Gasteiger partial charge in [0.1, 0.15) is 0 Å². The first-order valence-electron chi connectivity index (χ1n) is 8.30. The lowest BCUT2D eigenvalue weighted by Gasteiger charge is -2.36. The van der Waals surface area contributed by atoms with E-state index in [1.54, 1.807) is 10.5 Å². The number of rotatable bonds is 5. The summed E-state index contributed by atoms with van der Waals surface area (Å²) in [5, 5.41) is -0.148. The van der Waals surface area contributed by atoms with Crippen molar-refractivity contribution in [3.63, 3.8) is 0 Å². The molecule has 0 radical (unpaired) electrons. The molecule has 0 bridgehead atoms. The molecule has 2 saturated carbocycles. The van der Waals surface area contributed by atoms with Crippen LogP contribution < -0.4 is 4.74 Å². The van der Waals surface area contributed by atoms with Crippen LogP contribution in [0.3, 0.4) is 0 Å². The highest BCUT2D eigenvalue weighted by Crippen LogP contribution is 2.40. The zero-order valence-corrected chi connectivity index (χ0v) is 13.8. The number of ether oxygens (including phenoxy) is 2. The van der Waals surface area contributed by atoms with E-state index in [-0.39, 0.29) is 17.4 Å². The molecular weight excluding hydrogens is 316 g/mol. The third-order valence-electron chi connectivity index (χ3n) is 4.96. The molecule has 2 heterocycles. The highest BCUT2D eigenvalue weighted by atomic mass is 32.2. The predicted octanol–water partition coefficient (Wildman–Crippen LogP) is 1.43. The van der Waals surface area contributed by atoms with E-state index in [1.165, 1.54) is 0 Å². The van der Waals surface area contributed by atoms with Crippen LogP contribution in [0.4, 0.5) is 0 Å². The van der Waals surface area contributed by atoms with Gasteiger partial charge in [-0.15, -0.1) is 0 Å². The highest BCUT2D eigenvalue weighted by molar-refractivity contribution is 7.90. The summed E-state index contributed by atoms with van der Waals surface area (Å²) in [5.74, 6) is 0.924. The van der Waals surface area contributed by atoms with Crippen molar-refractivity contribution in [2.75, 3.05) is 19.8 Å². The van der Waals surface area contributed by atoms with E-state index < -0.39 is 10.0 Å². The van der Waals surface area contributed by atoms with E-state index in [1.807, 2.05) is 18.2 Å². The van der Waals surface area contributed by atoms with Crippen LogP contribution in [0.5, 0.6) is 5.88 Å². The molecule has 0 spiro atoms. The monoisotopic (exact) mass is 338 g/mol. The van der Waals surface area contributed by atoms with Crippen LogP contribution in [-0.2, 0) is 14.8 Å². The maximum atomic E-state index is 12.6. The fraction of sp³-hybridized carbons (Fsp3) is 0.688. The van der Waals surface area contributed by atoms with Gasteiger partial charge in [-0.1, -0.05) is 6.07 Å². The van der Waals surface area contributed by atoms with Gasteiger partial charge >= 0.3 is 0 Å².